The number of fused-ring (bicyclic) bond motifs is 1. The van der Waals surface area contributed by atoms with E-state index in [4.69, 9.17) is 0 Å². The number of likely N-dealkylation sites (N-methyl/N-ethyl adjacent to an activating group) is 1. The highest BCUT2D eigenvalue weighted by Gasteiger charge is 2.17. The van der Waals surface area contributed by atoms with E-state index in [0.717, 1.165) is 37.2 Å². The number of rotatable bonds is 3. The quantitative estimate of drug-likeness (QED) is 0.866. The third kappa shape index (κ3) is 2.97. The van der Waals surface area contributed by atoms with E-state index in [2.05, 4.69) is 32.1 Å². The molecule has 2 aromatic rings. The van der Waals surface area contributed by atoms with Crippen molar-refractivity contribution in [1.82, 2.24) is 19.8 Å². The molecule has 6 nitrogen and oxygen atoms in total. The van der Waals surface area contributed by atoms with Crippen LogP contribution in [-0.2, 0) is 4.79 Å². The fraction of sp³-hybridized carbons (Fsp3) is 0.429. The number of carbonyl (C=O) groups excluding carboxylic acids is 1. The van der Waals surface area contributed by atoms with Crippen molar-refractivity contribution in [3.05, 3.63) is 24.3 Å². The molecule has 0 unspecified atom stereocenters. The summed E-state index contributed by atoms with van der Waals surface area (Å²) in [5.74, 6) is 0.499. The number of carbonyl (C=O) groups is 1. The van der Waals surface area contributed by atoms with Gasteiger partial charge in [0, 0.05) is 26.2 Å². The van der Waals surface area contributed by atoms with Crippen LogP contribution in [0.2, 0.25) is 0 Å². The van der Waals surface area contributed by atoms with Crippen molar-refractivity contribution in [2.75, 3.05) is 45.1 Å². The number of para-hydroxylation sites is 2. The minimum absolute atomic E-state index is 0.0198. The number of H-pyrrole nitrogens is 1. The van der Waals surface area contributed by atoms with E-state index in [1.807, 2.05) is 24.3 Å². The Balaban J connectivity index is 1.58. The van der Waals surface area contributed by atoms with Crippen LogP contribution in [0.3, 0.4) is 0 Å². The van der Waals surface area contributed by atoms with Crippen LogP contribution >= 0.6 is 0 Å². The van der Waals surface area contributed by atoms with E-state index in [9.17, 15) is 4.79 Å². The SMILES string of the molecule is CN1CCN(CC(=O)Nc2nc3ccccc3[nH]2)CC1. The smallest absolute Gasteiger partial charge is 0.240 e. The van der Waals surface area contributed by atoms with Crippen molar-refractivity contribution in [3.8, 4) is 0 Å². The number of hydrogen-bond donors (Lipinski definition) is 2. The molecular weight excluding hydrogens is 254 g/mol. The monoisotopic (exact) mass is 273 g/mol. The van der Waals surface area contributed by atoms with Gasteiger partial charge >= 0.3 is 0 Å². The highest BCUT2D eigenvalue weighted by atomic mass is 16.2. The van der Waals surface area contributed by atoms with Crippen LogP contribution in [0.15, 0.2) is 24.3 Å². The molecule has 1 saturated heterocycles. The second kappa shape index (κ2) is 5.60. The molecule has 1 aromatic heterocycles. The summed E-state index contributed by atoms with van der Waals surface area (Å²) in [5, 5.41) is 2.83. The van der Waals surface area contributed by atoms with Crippen molar-refractivity contribution in [3.63, 3.8) is 0 Å². The fourth-order valence-electron chi connectivity index (χ4n) is 2.39. The Morgan fingerprint density at radius 3 is 2.80 bits per heavy atom. The molecule has 1 aliphatic heterocycles. The van der Waals surface area contributed by atoms with Crippen LogP contribution in [0.1, 0.15) is 0 Å². The summed E-state index contributed by atoms with van der Waals surface area (Å²) in [6.07, 6.45) is 0. The van der Waals surface area contributed by atoms with Gasteiger partial charge in [-0.15, -0.1) is 0 Å². The van der Waals surface area contributed by atoms with E-state index in [1.54, 1.807) is 0 Å². The van der Waals surface area contributed by atoms with Crippen LogP contribution in [0.5, 0.6) is 0 Å². The summed E-state index contributed by atoms with van der Waals surface area (Å²) >= 11 is 0. The highest BCUT2D eigenvalue weighted by Crippen LogP contribution is 2.13. The van der Waals surface area contributed by atoms with Crippen molar-refractivity contribution in [2.45, 2.75) is 0 Å². The van der Waals surface area contributed by atoms with E-state index in [0.29, 0.717) is 12.5 Å². The average molecular weight is 273 g/mol. The lowest BCUT2D eigenvalue weighted by molar-refractivity contribution is -0.117. The molecule has 0 radical (unpaired) electrons. The maximum atomic E-state index is 12.0. The molecule has 3 rings (SSSR count). The maximum Gasteiger partial charge on any atom is 0.240 e. The highest BCUT2D eigenvalue weighted by molar-refractivity contribution is 5.92. The number of aromatic amines is 1. The Morgan fingerprint density at radius 2 is 2.05 bits per heavy atom. The first kappa shape index (κ1) is 13.1. The minimum Gasteiger partial charge on any atom is -0.324 e. The summed E-state index contributed by atoms with van der Waals surface area (Å²) < 4.78 is 0. The fourth-order valence-corrected chi connectivity index (χ4v) is 2.39. The molecule has 1 fully saturated rings. The van der Waals surface area contributed by atoms with Crippen molar-refractivity contribution >= 4 is 22.9 Å². The number of amides is 1. The van der Waals surface area contributed by atoms with Crippen molar-refractivity contribution in [1.29, 1.82) is 0 Å². The van der Waals surface area contributed by atoms with Gasteiger partial charge in [0.1, 0.15) is 0 Å². The molecule has 1 amide bonds. The number of piperazine rings is 1. The Hall–Kier alpha value is -1.92. The number of aromatic nitrogens is 2. The molecule has 20 heavy (non-hydrogen) atoms. The van der Waals surface area contributed by atoms with E-state index < -0.39 is 0 Å². The predicted molar refractivity (Wildman–Crippen MR) is 78.7 cm³/mol. The molecule has 0 atom stereocenters. The van der Waals surface area contributed by atoms with Gasteiger partial charge in [0.05, 0.1) is 17.6 Å². The van der Waals surface area contributed by atoms with Crippen molar-refractivity contribution in [2.24, 2.45) is 0 Å². The molecule has 106 valence electrons. The number of hydrogen-bond acceptors (Lipinski definition) is 4. The van der Waals surface area contributed by atoms with Gasteiger partial charge in [0.15, 0.2) is 0 Å². The zero-order valence-corrected chi connectivity index (χ0v) is 11.6. The molecule has 1 aromatic carbocycles. The van der Waals surface area contributed by atoms with Gasteiger partial charge in [-0.2, -0.15) is 0 Å². The predicted octanol–water partition coefficient (Wildman–Crippen LogP) is 0.749. The first-order valence-electron chi connectivity index (χ1n) is 6.86. The van der Waals surface area contributed by atoms with Gasteiger partial charge in [-0.05, 0) is 19.2 Å². The van der Waals surface area contributed by atoms with Crippen LogP contribution in [0.25, 0.3) is 11.0 Å². The van der Waals surface area contributed by atoms with Crippen LogP contribution in [-0.4, -0.2) is 65.4 Å². The van der Waals surface area contributed by atoms with Gasteiger partial charge in [-0.3, -0.25) is 15.0 Å². The molecule has 1 aliphatic rings. The Labute approximate surface area is 117 Å². The maximum absolute atomic E-state index is 12.0. The number of benzene rings is 1. The lowest BCUT2D eigenvalue weighted by Crippen LogP contribution is -2.47. The van der Waals surface area contributed by atoms with Crippen LogP contribution in [0, 0.1) is 0 Å². The molecular formula is C14H19N5O. The van der Waals surface area contributed by atoms with Gasteiger partial charge in [0.2, 0.25) is 11.9 Å². The Bertz CT molecular complexity index is 567. The summed E-state index contributed by atoms with van der Waals surface area (Å²) in [6.45, 7) is 4.31. The van der Waals surface area contributed by atoms with Crippen molar-refractivity contribution < 1.29 is 4.79 Å². The zero-order chi connectivity index (χ0) is 13.9. The molecule has 6 heteroatoms. The number of nitrogens with one attached hydrogen (secondary N) is 2. The van der Waals surface area contributed by atoms with E-state index >= 15 is 0 Å². The third-order valence-corrected chi connectivity index (χ3v) is 3.61. The number of nitrogens with zero attached hydrogens (tertiary/aromatic N) is 3. The van der Waals surface area contributed by atoms with Gasteiger partial charge in [-0.25, -0.2) is 4.98 Å². The van der Waals surface area contributed by atoms with E-state index in [-0.39, 0.29) is 5.91 Å². The second-order valence-corrected chi connectivity index (χ2v) is 5.23. The molecule has 2 N–H and O–H groups in total. The topological polar surface area (TPSA) is 64.3 Å². The lowest BCUT2D eigenvalue weighted by Gasteiger charge is -2.31. The summed E-state index contributed by atoms with van der Waals surface area (Å²) in [4.78, 5) is 23.9. The van der Waals surface area contributed by atoms with Crippen LogP contribution < -0.4 is 5.32 Å². The normalized spacial score (nSPS) is 17.4. The minimum atomic E-state index is -0.0198. The third-order valence-electron chi connectivity index (χ3n) is 3.61. The number of imidazole rings is 1. The average Bonchev–Trinajstić information content (AvgIpc) is 2.83. The Morgan fingerprint density at radius 1 is 1.30 bits per heavy atom. The summed E-state index contributed by atoms with van der Waals surface area (Å²) in [6, 6.07) is 7.73. The zero-order valence-electron chi connectivity index (χ0n) is 11.6. The molecule has 0 spiro atoms. The summed E-state index contributed by atoms with van der Waals surface area (Å²) in [5.41, 5.74) is 1.80. The van der Waals surface area contributed by atoms with E-state index in [1.165, 1.54) is 0 Å². The molecule has 0 aliphatic carbocycles. The first-order valence-corrected chi connectivity index (χ1v) is 6.86. The standard InChI is InChI=1S/C14H19N5O/c1-18-6-8-19(9-7-18)10-13(20)17-14-15-11-4-2-3-5-12(11)16-14/h2-5H,6-10H2,1H3,(H2,15,16,17,20). The van der Waals surface area contributed by atoms with Gasteiger partial charge in [0.25, 0.3) is 0 Å². The van der Waals surface area contributed by atoms with Crippen LogP contribution in [0.4, 0.5) is 5.95 Å². The first-order chi connectivity index (χ1) is 9.70. The van der Waals surface area contributed by atoms with Gasteiger partial charge < -0.3 is 9.88 Å². The lowest BCUT2D eigenvalue weighted by atomic mass is 10.3. The largest absolute Gasteiger partial charge is 0.324 e. The number of anilines is 1. The second-order valence-electron chi connectivity index (χ2n) is 5.23. The molecule has 0 saturated carbocycles. The Kier molecular flexibility index (Phi) is 3.66. The van der Waals surface area contributed by atoms with Gasteiger partial charge in [-0.1, -0.05) is 12.1 Å². The molecule has 0 bridgehead atoms. The molecule has 2 heterocycles. The summed E-state index contributed by atoms with van der Waals surface area (Å²) in [7, 11) is 2.10.